The topological polar surface area (TPSA) is 141 Å². The Labute approximate surface area is 231 Å². The van der Waals surface area contributed by atoms with E-state index in [1.165, 1.54) is 30.3 Å². The van der Waals surface area contributed by atoms with Crippen molar-refractivity contribution in [3.05, 3.63) is 82.6 Å². The lowest BCUT2D eigenvalue weighted by Gasteiger charge is -2.15. The average Bonchev–Trinajstić information content (AvgIpc) is 3.70. The van der Waals surface area contributed by atoms with Gasteiger partial charge in [0.2, 0.25) is 5.88 Å². The van der Waals surface area contributed by atoms with Crippen LogP contribution in [0.15, 0.2) is 48.9 Å². The summed E-state index contributed by atoms with van der Waals surface area (Å²) in [6.07, 6.45) is 6.05. The van der Waals surface area contributed by atoms with Gasteiger partial charge in [0.25, 0.3) is 0 Å². The van der Waals surface area contributed by atoms with E-state index in [1.807, 2.05) is 16.6 Å². The van der Waals surface area contributed by atoms with E-state index < -0.39 is 5.97 Å². The normalized spacial score (nSPS) is 13.2. The van der Waals surface area contributed by atoms with Crippen LogP contribution in [0.2, 0.25) is 0 Å². The molecule has 1 aliphatic carbocycles. The number of fused-ring (bicyclic) bond motifs is 2. The van der Waals surface area contributed by atoms with Crippen molar-refractivity contribution in [2.45, 2.75) is 58.6 Å². The molecule has 1 aliphatic rings. The van der Waals surface area contributed by atoms with Gasteiger partial charge in [0.15, 0.2) is 0 Å². The number of carboxylic acid groups (broad SMARTS) is 1. The number of anilines is 2. The summed E-state index contributed by atoms with van der Waals surface area (Å²) in [5.41, 5.74) is 13.4. The molecule has 1 aromatic carbocycles. The second-order valence-corrected chi connectivity index (χ2v) is 10.4. The molecule has 6 rings (SSSR count). The highest BCUT2D eigenvalue weighted by Crippen LogP contribution is 2.41. The lowest BCUT2D eigenvalue weighted by Crippen LogP contribution is -2.07. The Kier molecular flexibility index (Phi) is 6.67. The van der Waals surface area contributed by atoms with Crippen LogP contribution in [0, 0.1) is 13.8 Å². The molecule has 4 aromatic heterocycles. The number of nitrogens with two attached hydrogens (primary N) is 1. The zero-order valence-electron chi connectivity index (χ0n) is 22.5. The predicted octanol–water partition coefficient (Wildman–Crippen LogP) is 4.96. The third kappa shape index (κ3) is 5.25. The molecule has 0 bridgehead atoms. The van der Waals surface area contributed by atoms with E-state index in [0.717, 1.165) is 38.8 Å². The van der Waals surface area contributed by atoms with Crippen LogP contribution in [-0.2, 0) is 24.4 Å². The molecule has 0 aliphatic heterocycles. The summed E-state index contributed by atoms with van der Waals surface area (Å²) < 4.78 is 7.81. The molecule has 10 heteroatoms. The molecule has 0 amide bonds. The summed E-state index contributed by atoms with van der Waals surface area (Å²) >= 11 is 0. The number of aliphatic carboxylic acids is 1. The van der Waals surface area contributed by atoms with Gasteiger partial charge in [-0.2, -0.15) is 5.10 Å². The second kappa shape index (κ2) is 10.4. The van der Waals surface area contributed by atoms with Gasteiger partial charge < -0.3 is 20.9 Å². The van der Waals surface area contributed by atoms with E-state index in [0.29, 0.717) is 36.4 Å². The predicted molar refractivity (Wildman–Crippen MR) is 152 cm³/mol. The highest BCUT2D eigenvalue weighted by atomic mass is 16.5. The molecule has 4 N–H and O–H groups in total. The maximum atomic E-state index is 11.2. The lowest BCUT2D eigenvalue weighted by molar-refractivity contribution is -0.136. The first-order chi connectivity index (χ1) is 19.4. The Bertz CT molecular complexity index is 1740. The minimum atomic E-state index is -0.818. The van der Waals surface area contributed by atoms with Crippen LogP contribution in [0.4, 0.5) is 11.6 Å². The maximum absolute atomic E-state index is 11.2. The van der Waals surface area contributed by atoms with E-state index in [1.54, 1.807) is 12.3 Å². The van der Waals surface area contributed by atoms with Crippen LogP contribution in [0.3, 0.4) is 0 Å². The molecule has 10 nitrogen and oxygen atoms in total. The summed E-state index contributed by atoms with van der Waals surface area (Å²) in [6, 6.07) is 12.1. The highest BCUT2D eigenvalue weighted by Gasteiger charge is 2.25. The van der Waals surface area contributed by atoms with Crippen LogP contribution < -0.4 is 15.8 Å². The van der Waals surface area contributed by atoms with Crippen molar-refractivity contribution in [2.24, 2.45) is 0 Å². The first-order valence-corrected chi connectivity index (χ1v) is 13.4. The van der Waals surface area contributed by atoms with Gasteiger partial charge in [-0.05, 0) is 90.6 Å². The second-order valence-electron chi connectivity index (χ2n) is 10.4. The third-order valence-corrected chi connectivity index (χ3v) is 7.52. The summed E-state index contributed by atoms with van der Waals surface area (Å²) in [5.74, 6) is 1.36. The Morgan fingerprint density at radius 1 is 1.12 bits per heavy atom. The number of ether oxygens (including phenoxy) is 1. The van der Waals surface area contributed by atoms with Crippen molar-refractivity contribution in [3.8, 4) is 5.88 Å². The number of hydrogen-bond donors (Lipinski definition) is 3. The van der Waals surface area contributed by atoms with Crippen LogP contribution in [0.1, 0.15) is 58.8 Å². The SMILES string of the molecule is Cc1cc2c(N)nccc2c(C)c1CNc1cc(OCc2cc3cc(C4CC4)cc(CCC(=O)O)n3n2)ncn1. The van der Waals surface area contributed by atoms with Gasteiger partial charge in [-0.1, -0.05) is 0 Å². The molecular formula is C30H31N7O3. The molecule has 4 heterocycles. The Morgan fingerprint density at radius 2 is 1.98 bits per heavy atom. The van der Waals surface area contributed by atoms with Crippen molar-refractivity contribution < 1.29 is 14.6 Å². The number of nitrogens with one attached hydrogen (secondary N) is 1. The lowest BCUT2D eigenvalue weighted by atomic mass is 9.96. The van der Waals surface area contributed by atoms with Crippen molar-refractivity contribution in [2.75, 3.05) is 11.1 Å². The molecular weight excluding hydrogens is 506 g/mol. The fourth-order valence-corrected chi connectivity index (χ4v) is 5.23. The Balaban J connectivity index is 1.16. The zero-order chi connectivity index (χ0) is 27.8. The standard InChI is InChI=1S/C30H31N7O3/c1-17-9-25-24(7-8-32-30(25)31)18(2)26(17)14-33-27-13-28(35-16-34-27)40-15-21-12-23-11-20(19-3-4-19)10-22(37(23)36-21)5-6-29(38)39/h7-13,16,19H,3-6,14-15H2,1-2H3,(H2,31,32)(H,38,39)(H,33,34,35). The minimum absolute atomic E-state index is 0.0646. The van der Waals surface area contributed by atoms with E-state index in [-0.39, 0.29) is 13.0 Å². The summed E-state index contributed by atoms with van der Waals surface area (Å²) in [7, 11) is 0. The maximum Gasteiger partial charge on any atom is 0.303 e. The molecule has 1 saturated carbocycles. The van der Waals surface area contributed by atoms with Gasteiger partial charge in [-0.25, -0.2) is 19.5 Å². The van der Waals surface area contributed by atoms with E-state index in [4.69, 9.17) is 15.6 Å². The van der Waals surface area contributed by atoms with E-state index >= 15 is 0 Å². The fraction of sp³-hybridized carbons (Fsp3) is 0.300. The van der Waals surface area contributed by atoms with Crippen molar-refractivity contribution >= 4 is 33.9 Å². The molecule has 0 atom stereocenters. The van der Waals surface area contributed by atoms with Crippen LogP contribution in [0.25, 0.3) is 16.3 Å². The number of nitrogens with zero attached hydrogens (tertiary/aromatic N) is 5. The van der Waals surface area contributed by atoms with E-state index in [2.05, 4.69) is 52.3 Å². The third-order valence-electron chi connectivity index (χ3n) is 7.52. The van der Waals surface area contributed by atoms with Gasteiger partial charge in [0.05, 0.1) is 11.9 Å². The molecule has 0 unspecified atom stereocenters. The van der Waals surface area contributed by atoms with Crippen LogP contribution >= 0.6 is 0 Å². The van der Waals surface area contributed by atoms with E-state index in [9.17, 15) is 9.90 Å². The number of carbonyl (C=O) groups is 1. The summed E-state index contributed by atoms with van der Waals surface area (Å²) in [4.78, 5) is 24.0. The first kappa shape index (κ1) is 25.5. The summed E-state index contributed by atoms with van der Waals surface area (Å²) in [5, 5.41) is 19.3. The van der Waals surface area contributed by atoms with Crippen molar-refractivity contribution in [1.82, 2.24) is 24.6 Å². The molecule has 204 valence electrons. The van der Waals surface area contributed by atoms with Gasteiger partial charge in [0, 0.05) is 36.3 Å². The van der Waals surface area contributed by atoms with Gasteiger partial charge in [-0.15, -0.1) is 0 Å². The van der Waals surface area contributed by atoms with Crippen LogP contribution in [-0.4, -0.2) is 35.6 Å². The first-order valence-electron chi connectivity index (χ1n) is 13.4. The molecule has 0 spiro atoms. The van der Waals surface area contributed by atoms with Gasteiger partial charge in [-0.3, -0.25) is 4.79 Å². The number of pyridine rings is 2. The quantitative estimate of drug-likeness (QED) is 0.225. The highest BCUT2D eigenvalue weighted by molar-refractivity contribution is 5.94. The number of nitrogen functional groups attached to an aromatic ring is 1. The number of benzene rings is 1. The monoisotopic (exact) mass is 537 g/mol. The number of hydrogen-bond acceptors (Lipinski definition) is 8. The van der Waals surface area contributed by atoms with Crippen molar-refractivity contribution in [3.63, 3.8) is 0 Å². The fourth-order valence-electron chi connectivity index (χ4n) is 5.23. The number of carboxylic acids is 1. The Morgan fingerprint density at radius 3 is 2.77 bits per heavy atom. The average molecular weight is 538 g/mol. The summed E-state index contributed by atoms with van der Waals surface area (Å²) in [6.45, 7) is 4.98. The molecule has 1 fully saturated rings. The smallest absolute Gasteiger partial charge is 0.303 e. The Hall–Kier alpha value is -4.73. The minimum Gasteiger partial charge on any atom is -0.481 e. The number of aryl methyl sites for hydroxylation is 3. The number of rotatable bonds is 10. The van der Waals surface area contributed by atoms with Gasteiger partial charge >= 0.3 is 5.97 Å². The molecule has 0 saturated heterocycles. The van der Waals surface area contributed by atoms with Crippen LogP contribution in [0.5, 0.6) is 5.88 Å². The largest absolute Gasteiger partial charge is 0.481 e. The molecule has 40 heavy (non-hydrogen) atoms. The molecule has 5 aromatic rings. The van der Waals surface area contributed by atoms with Gasteiger partial charge in [0.1, 0.15) is 30.3 Å². The van der Waals surface area contributed by atoms with Crippen molar-refractivity contribution in [1.29, 1.82) is 0 Å². The number of aromatic nitrogens is 5. The molecule has 0 radical (unpaired) electrons. The zero-order valence-corrected chi connectivity index (χ0v) is 22.5.